The summed E-state index contributed by atoms with van der Waals surface area (Å²) in [5, 5.41) is 8.94. The zero-order valence-electron chi connectivity index (χ0n) is 9.60. The van der Waals surface area contributed by atoms with Crippen LogP contribution in [0.4, 0.5) is 0 Å². The fourth-order valence-corrected chi connectivity index (χ4v) is 1.95. The van der Waals surface area contributed by atoms with E-state index in [2.05, 4.69) is 10.9 Å². The quantitative estimate of drug-likeness (QED) is 0.550. The Bertz CT molecular complexity index is 476. The highest BCUT2D eigenvalue weighted by Gasteiger charge is 2.11. The minimum Gasteiger partial charge on any atom is -0.478 e. The van der Waals surface area contributed by atoms with Crippen LogP contribution in [0.2, 0.25) is 0 Å². The van der Waals surface area contributed by atoms with Crippen molar-refractivity contribution in [1.82, 2.24) is 10.9 Å². The number of hydrogen-bond donors (Lipinski definition) is 3. The molecule has 0 atom stereocenters. The van der Waals surface area contributed by atoms with Crippen molar-refractivity contribution < 1.29 is 19.5 Å². The first-order chi connectivity index (χ1) is 8.50. The number of carbonyl (C=O) groups is 3. The van der Waals surface area contributed by atoms with Crippen LogP contribution in [0, 0.1) is 0 Å². The molecule has 0 spiro atoms. The standard InChI is InChI=1S/C11H12N2O4S/c1-7(14)12-13-10(15)6-18-9-5-3-2-4-8(9)11(16)17/h2-5H,6H2,1H3,(H,12,14)(H,13,15)(H,16,17). The van der Waals surface area contributed by atoms with Crippen molar-refractivity contribution in [3.8, 4) is 0 Å². The van der Waals surface area contributed by atoms with Crippen molar-refractivity contribution in [3.63, 3.8) is 0 Å². The summed E-state index contributed by atoms with van der Waals surface area (Å²) >= 11 is 1.09. The first-order valence-electron chi connectivity index (χ1n) is 5.01. The van der Waals surface area contributed by atoms with Gasteiger partial charge in [0.1, 0.15) is 0 Å². The van der Waals surface area contributed by atoms with Crippen molar-refractivity contribution in [3.05, 3.63) is 29.8 Å². The Hall–Kier alpha value is -2.02. The van der Waals surface area contributed by atoms with E-state index in [4.69, 9.17) is 5.11 Å². The van der Waals surface area contributed by atoms with Gasteiger partial charge in [-0.2, -0.15) is 0 Å². The minimum atomic E-state index is -1.04. The van der Waals surface area contributed by atoms with Gasteiger partial charge in [0, 0.05) is 11.8 Å². The maximum atomic E-state index is 11.3. The number of carboxylic acid groups (broad SMARTS) is 1. The Morgan fingerprint density at radius 3 is 2.50 bits per heavy atom. The second kappa shape index (κ2) is 6.65. The van der Waals surface area contributed by atoms with Crippen LogP contribution in [-0.4, -0.2) is 28.6 Å². The van der Waals surface area contributed by atoms with E-state index < -0.39 is 11.9 Å². The van der Waals surface area contributed by atoms with Gasteiger partial charge in [0.2, 0.25) is 11.8 Å². The molecule has 0 aliphatic heterocycles. The number of aromatic carboxylic acids is 1. The van der Waals surface area contributed by atoms with E-state index >= 15 is 0 Å². The number of hydrogen-bond acceptors (Lipinski definition) is 4. The summed E-state index contributed by atoms with van der Waals surface area (Å²) in [6.07, 6.45) is 0. The summed E-state index contributed by atoms with van der Waals surface area (Å²) in [7, 11) is 0. The molecule has 0 fully saturated rings. The van der Waals surface area contributed by atoms with Gasteiger partial charge in [-0.05, 0) is 12.1 Å². The van der Waals surface area contributed by atoms with Crippen LogP contribution >= 0.6 is 11.8 Å². The number of benzene rings is 1. The maximum Gasteiger partial charge on any atom is 0.336 e. The van der Waals surface area contributed by atoms with Crippen molar-refractivity contribution in [1.29, 1.82) is 0 Å². The van der Waals surface area contributed by atoms with E-state index in [-0.39, 0.29) is 17.2 Å². The number of nitrogens with one attached hydrogen (secondary N) is 2. The molecule has 1 aromatic rings. The lowest BCUT2D eigenvalue weighted by Gasteiger charge is -2.06. The van der Waals surface area contributed by atoms with E-state index in [9.17, 15) is 14.4 Å². The van der Waals surface area contributed by atoms with Crippen LogP contribution < -0.4 is 10.9 Å². The van der Waals surface area contributed by atoms with E-state index in [1.807, 2.05) is 0 Å². The summed E-state index contributed by atoms with van der Waals surface area (Å²) in [4.78, 5) is 33.3. The van der Waals surface area contributed by atoms with E-state index in [1.54, 1.807) is 18.2 Å². The second-order valence-electron chi connectivity index (χ2n) is 3.32. The van der Waals surface area contributed by atoms with Gasteiger partial charge in [-0.1, -0.05) is 12.1 Å². The zero-order chi connectivity index (χ0) is 13.5. The highest BCUT2D eigenvalue weighted by atomic mass is 32.2. The number of carboxylic acids is 1. The molecule has 2 amide bonds. The van der Waals surface area contributed by atoms with E-state index in [1.165, 1.54) is 13.0 Å². The molecule has 18 heavy (non-hydrogen) atoms. The largest absolute Gasteiger partial charge is 0.478 e. The summed E-state index contributed by atoms with van der Waals surface area (Å²) in [6, 6.07) is 6.40. The number of amides is 2. The number of thioether (sulfide) groups is 1. The number of carbonyl (C=O) groups excluding carboxylic acids is 2. The maximum absolute atomic E-state index is 11.3. The Morgan fingerprint density at radius 1 is 1.22 bits per heavy atom. The first-order valence-corrected chi connectivity index (χ1v) is 6.00. The van der Waals surface area contributed by atoms with Crippen LogP contribution in [0.5, 0.6) is 0 Å². The summed E-state index contributed by atoms with van der Waals surface area (Å²) < 4.78 is 0. The summed E-state index contributed by atoms with van der Waals surface area (Å²) in [5.41, 5.74) is 4.49. The fraction of sp³-hybridized carbons (Fsp3) is 0.182. The lowest BCUT2D eigenvalue weighted by molar-refractivity contribution is -0.126. The lowest BCUT2D eigenvalue weighted by Crippen LogP contribution is -2.41. The van der Waals surface area contributed by atoms with Crippen molar-refractivity contribution in [2.45, 2.75) is 11.8 Å². The van der Waals surface area contributed by atoms with Gasteiger partial charge in [0.15, 0.2) is 0 Å². The van der Waals surface area contributed by atoms with Gasteiger partial charge in [-0.25, -0.2) is 4.79 Å². The van der Waals surface area contributed by atoms with Crippen LogP contribution in [0.15, 0.2) is 29.2 Å². The molecule has 1 aromatic carbocycles. The van der Waals surface area contributed by atoms with Crippen LogP contribution in [0.25, 0.3) is 0 Å². The smallest absolute Gasteiger partial charge is 0.336 e. The molecule has 0 saturated carbocycles. The molecule has 0 bridgehead atoms. The molecular weight excluding hydrogens is 256 g/mol. The van der Waals surface area contributed by atoms with E-state index in [0.717, 1.165) is 11.8 Å². The molecule has 0 saturated heterocycles. The first kappa shape index (κ1) is 14.0. The van der Waals surface area contributed by atoms with Crippen LogP contribution in [0.3, 0.4) is 0 Å². The molecule has 7 heteroatoms. The zero-order valence-corrected chi connectivity index (χ0v) is 10.4. The molecule has 0 radical (unpaired) electrons. The third-order valence-electron chi connectivity index (χ3n) is 1.85. The molecular formula is C11H12N2O4S. The molecule has 1 rings (SSSR count). The van der Waals surface area contributed by atoms with Gasteiger partial charge in [-0.15, -0.1) is 11.8 Å². The fourth-order valence-electron chi connectivity index (χ4n) is 1.11. The van der Waals surface area contributed by atoms with Crippen molar-refractivity contribution >= 4 is 29.5 Å². The summed E-state index contributed by atoms with van der Waals surface area (Å²) in [6.45, 7) is 1.27. The SMILES string of the molecule is CC(=O)NNC(=O)CSc1ccccc1C(=O)O. The van der Waals surface area contributed by atoms with E-state index in [0.29, 0.717) is 4.90 Å². The predicted molar refractivity (Wildman–Crippen MR) is 66.1 cm³/mol. The van der Waals surface area contributed by atoms with Gasteiger partial charge in [0.05, 0.1) is 11.3 Å². The Morgan fingerprint density at radius 2 is 1.89 bits per heavy atom. The number of hydrazine groups is 1. The normalized spacial score (nSPS) is 9.61. The van der Waals surface area contributed by atoms with Crippen LogP contribution in [0.1, 0.15) is 17.3 Å². The van der Waals surface area contributed by atoms with Crippen molar-refractivity contribution in [2.75, 3.05) is 5.75 Å². The highest BCUT2D eigenvalue weighted by molar-refractivity contribution is 8.00. The molecule has 0 heterocycles. The Kier molecular flexibility index (Phi) is 5.19. The van der Waals surface area contributed by atoms with Gasteiger partial charge in [-0.3, -0.25) is 20.4 Å². The highest BCUT2D eigenvalue weighted by Crippen LogP contribution is 2.22. The third-order valence-corrected chi connectivity index (χ3v) is 2.93. The monoisotopic (exact) mass is 268 g/mol. The average molecular weight is 268 g/mol. The average Bonchev–Trinajstić information content (AvgIpc) is 2.34. The van der Waals surface area contributed by atoms with Gasteiger partial charge >= 0.3 is 5.97 Å². The van der Waals surface area contributed by atoms with Crippen molar-refractivity contribution in [2.24, 2.45) is 0 Å². The molecule has 0 aromatic heterocycles. The molecule has 0 aliphatic rings. The Balaban J connectivity index is 2.56. The van der Waals surface area contributed by atoms with Crippen LogP contribution in [-0.2, 0) is 9.59 Å². The molecule has 3 N–H and O–H groups in total. The third kappa shape index (κ3) is 4.46. The molecule has 0 aliphatic carbocycles. The number of rotatable bonds is 4. The topological polar surface area (TPSA) is 95.5 Å². The molecule has 0 unspecified atom stereocenters. The predicted octanol–water partition coefficient (Wildman–Crippen LogP) is 0.644. The van der Waals surface area contributed by atoms with Gasteiger partial charge in [0.25, 0.3) is 0 Å². The second-order valence-corrected chi connectivity index (χ2v) is 4.34. The summed E-state index contributed by atoms with van der Waals surface area (Å²) in [5.74, 6) is -1.81. The molecule has 96 valence electrons. The lowest BCUT2D eigenvalue weighted by atomic mass is 10.2. The molecule has 6 nitrogen and oxygen atoms in total. The van der Waals surface area contributed by atoms with Gasteiger partial charge < -0.3 is 5.11 Å². The Labute approximate surface area is 108 Å². The minimum absolute atomic E-state index is 0.0184.